The molecule has 0 unspecified atom stereocenters. The van der Waals surface area contributed by atoms with Gasteiger partial charge in [0.15, 0.2) is 11.6 Å². The molecule has 11 heavy (non-hydrogen) atoms. The van der Waals surface area contributed by atoms with E-state index in [9.17, 15) is 4.39 Å². The number of phenols is 1. The van der Waals surface area contributed by atoms with Gasteiger partial charge in [0.25, 0.3) is 0 Å². The van der Waals surface area contributed by atoms with Crippen LogP contribution in [0.4, 0.5) is 15.8 Å². The molecule has 1 aromatic rings. The Morgan fingerprint density at radius 1 is 1.36 bits per heavy atom. The van der Waals surface area contributed by atoms with Gasteiger partial charge in [-0.1, -0.05) is 11.6 Å². The van der Waals surface area contributed by atoms with E-state index in [1.807, 2.05) is 0 Å². The molecule has 60 valence electrons. The first-order valence-corrected chi connectivity index (χ1v) is 3.13. The first kappa shape index (κ1) is 7.94. The molecule has 5 N–H and O–H groups in total. The van der Waals surface area contributed by atoms with Gasteiger partial charge in [0, 0.05) is 0 Å². The molecular weight excluding hydrogens is 171 g/mol. The molecule has 0 aliphatic carbocycles. The number of aromatic hydroxyl groups is 1. The second kappa shape index (κ2) is 2.47. The lowest BCUT2D eigenvalue weighted by molar-refractivity contribution is 0.435. The minimum Gasteiger partial charge on any atom is -0.503 e. The molecule has 1 aromatic carbocycles. The molecule has 0 saturated heterocycles. The normalized spacial score (nSPS) is 10.0. The predicted molar refractivity (Wildman–Crippen MR) is 41.9 cm³/mol. The maximum Gasteiger partial charge on any atom is 0.187 e. The quantitative estimate of drug-likeness (QED) is 0.317. The number of hydrogen-bond donors (Lipinski definition) is 3. The van der Waals surface area contributed by atoms with Gasteiger partial charge < -0.3 is 16.6 Å². The van der Waals surface area contributed by atoms with Gasteiger partial charge >= 0.3 is 0 Å². The van der Waals surface area contributed by atoms with Crippen LogP contribution in [0.3, 0.4) is 0 Å². The minimum absolute atomic E-state index is 0.0134. The van der Waals surface area contributed by atoms with Gasteiger partial charge in [0.05, 0.1) is 11.4 Å². The molecule has 0 aliphatic rings. The van der Waals surface area contributed by atoms with E-state index >= 15 is 0 Å². The third kappa shape index (κ3) is 1.17. The van der Waals surface area contributed by atoms with Crippen LogP contribution < -0.4 is 11.5 Å². The van der Waals surface area contributed by atoms with Crippen molar-refractivity contribution in [2.75, 3.05) is 11.5 Å². The summed E-state index contributed by atoms with van der Waals surface area (Å²) in [6, 6.07) is 1.20. The summed E-state index contributed by atoms with van der Waals surface area (Å²) >= 11 is 5.34. The Kier molecular flexibility index (Phi) is 1.78. The van der Waals surface area contributed by atoms with Crippen molar-refractivity contribution in [1.29, 1.82) is 0 Å². The molecule has 0 atom stereocenters. The summed E-state index contributed by atoms with van der Waals surface area (Å²) in [5.41, 5.74) is 10.3. The minimum atomic E-state index is -0.982. The number of nitrogens with two attached hydrogens (primary N) is 2. The molecule has 0 heterocycles. The number of hydrogen-bond acceptors (Lipinski definition) is 3. The third-order valence-electron chi connectivity index (χ3n) is 1.24. The lowest BCUT2D eigenvalue weighted by Crippen LogP contribution is -1.94. The first-order valence-electron chi connectivity index (χ1n) is 2.76. The van der Waals surface area contributed by atoms with Crippen LogP contribution in [0.25, 0.3) is 0 Å². The van der Waals surface area contributed by atoms with E-state index in [1.54, 1.807) is 0 Å². The second-order valence-electron chi connectivity index (χ2n) is 2.03. The predicted octanol–water partition coefficient (Wildman–Crippen LogP) is 1.35. The van der Waals surface area contributed by atoms with Crippen LogP contribution in [0.15, 0.2) is 6.07 Å². The summed E-state index contributed by atoms with van der Waals surface area (Å²) < 4.78 is 12.7. The molecule has 1 rings (SSSR count). The van der Waals surface area contributed by atoms with Crippen LogP contribution in [0.5, 0.6) is 5.75 Å². The molecule has 0 bridgehead atoms. The summed E-state index contributed by atoms with van der Waals surface area (Å²) in [7, 11) is 0. The molecule has 0 aliphatic heterocycles. The molecule has 0 radical (unpaired) electrons. The SMILES string of the molecule is Nc1cc(N)c(Cl)c(F)c1O. The fraction of sp³-hybridized carbons (Fsp3) is 0. The van der Waals surface area contributed by atoms with Crippen LogP contribution in [-0.4, -0.2) is 5.11 Å². The molecule has 0 spiro atoms. The summed E-state index contributed by atoms with van der Waals surface area (Å²) in [5, 5.41) is 8.56. The highest BCUT2D eigenvalue weighted by molar-refractivity contribution is 6.33. The second-order valence-corrected chi connectivity index (χ2v) is 2.41. The Hall–Kier alpha value is -1.16. The zero-order valence-electron chi connectivity index (χ0n) is 5.44. The topological polar surface area (TPSA) is 72.3 Å². The van der Waals surface area contributed by atoms with Gasteiger partial charge in [0.1, 0.15) is 5.02 Å². The summed E-state index contributed by atoms with van der Waals surface area (Å²) in [6.45, 7) is 0. The van der Waals surface area contributed by atoms with Crippen LogP contribution in [-0.2, 0) is 0 Å². The number of anilines is 2. The molecule has 3 nitrogen and oxygen atoms in total. The highest BCUT2D eigenvalue weighted by Gasteiger charge is 2.12. The molecule has 0 saturated carbocycles. The standard InChI is InChI=1S/C6H6ClFN2O/c7-4-2(9)1-3(10)6(11)5(4)8/h1,11H,9-10H2. The van der Waals surface area contributed by atoms with Gasteiger partial charge in [-0.25, -0.2) is 4.39 Å². The Labute approximate surface area is 67.4 Å². The van der Waals surface area contributed by atoms with Crippen LogP contribution in [0, 0.1) is 5.82 Å². The zero-order chi connectivity index (χ0) is 8.59. The lowest BCUT2D eigenvalue weighted by atomic mass is 10.2. The zero-order valence-corrected chi connectivity index (χ0v) is 6.19. The van der Waals surface area contributed by atoms with Crippen molar-refractivity contribution in [1.82, 2.24) is 0 Å². The van der Waals surface area contributed by atoms with Crippen molar-refractivity contribution in [2.45, 2.75) is 0 Å². The van der Waals surface area contributed by atoms with Crippen molar-refractivity contribution in [2.24, 2.45) is 0 Å². The maximum atomic E-state index is 12.7. The molecule has 0 fully saturated rings. The van der Waals surface area contributed by atoms with Crippen LogP contribution in [0.1, 0.15) is 0 Å². The fourth-order valence-corrected chi connectivity index (χ4v) is 0.801. The van der Waals surface area contributed by atoms with E-state index in [4.69, 9.17) is 28.2 Å². The highest BCUT2D eigenvalue weighted by Crippen LogP contribution is 2.33. The summed E-state index contributed by atoms with van der Waals surface area (Å²) in [4.78, 5) is 0. The fourth-order valence-electron chi connectivity index (χ4n) is 0.657. The van der Waals surface area contributed by atoms with Crippen molar-refractivity contribution in [3.8, 4) is 5.75 Å². The summed E-state index contributed by atoms with van der Waals surface area (Å²) in [5.74, 6) is -1.65. The number of nitrogen functional groups attached to an aromatic ring is 2. The van der Waals surface area contributed by atoms with Crippen molar-refractivity contribution < 1.29 is 9.50 Å². The van der Waals surface area contributed by atoms with Crippen LogP contribution in [0.2, 0.25) is 5.02 Å². The maximum absolute atomic E-state index is 12.7. The number of phenolic OH excluding ortho intramolecular Hbond substituents is 1. The van der Waals surface area contributed by atoms with Gasteiger partial charge in [-0.2, -0.15) is 0 Å². The molecule has 0 aromatic heterocycles. The summed E-state index contributed by atoms with van der Waals surface area (Å²) in [6.07, 6.45) is 0. The molecular formula is C6H6ClFN2O. The average Bonchev–Trinajstić information content (AvgIpc) is 1.97. The van der Waals surface area contributed by atoms with Gasteiger partial charge in [0.2, 0.25) is 0 Å². The van der Waals surface area contributed by atoms with E-state index in [0.717, 1.165) is 0 Å². The number of halogens is 2. The Morgan fingerprint density at radius 3 is 2.45 bits per heavy atom. The molecule has 0 amide bonds. The van der Waals surface area contributed by atoms with E-state index in [-0.39, 0.29) is 16.4 Å². The van der Waals surface area contributed by atoms with Gasteiger partial charge in [-0.05, 0) is 6.07 Å². The smallest absolute Gasteiger partial charge is 0.187 e. The van der Waals surface area contributed by atoms with Gasteiger partial charge in [-0.3, -0.25) is 0 Å². The average molecular weight is 177 g/mol. The van der Waals surface area contributed by atoms with Crippen molar-refractivity contribution in [3.63, 3.8) is 0 Å². The van der Waals surface area contributed by atoms with Crippen molar-refractivity contribution in [3.05, 3.63) is 16.9 Å². The van der Waals surface area contributed by atoms with E-state index in [0.29, 0.717) is 0 Å². The Bertz CT molecular complexity index is 277. The van der Waals surface area contributed by atoms with E-state index in [2.05, 4.69) is 0 Å². The monoisotopic (exact) mass is 176 g/mol. The lowest BCUT2D eigenvalue weighted by Gasteiger charge is -2.03. The van der Waals surface area contributed by atoms with E-state index < -0.39 is 11.6 Å². The largest absolute Gasteiger partial charge is 0.503 e. The number of rotatable bonds is 0. The van der Waals surface area contributed by atoms with Crippen molar-refractivity contribution >= 4 is 23.0 Å². The van der Waals surface area contributed by atoms with Gasteiger partial charge in [-0.15, -0.1) is 0 Å². The number of benzene rings is 1. The van der Waals surface area contributed by atoms with Crippen LogP contribution >= 0.6 is 11.6 Å². The van der Waals surface area contributed by atoms with E-state index in [1.165, 1.54) is 6.07 Å². The molecule has 5 heteroatoms. The Morgan fingerprint density at radius 2 is 1.91 bits per heavy atom. The Balaban J connectivity index is 3.46. The third-order valence-corrected chi connectivity index (χ3v) is 1.62. The highest BCUT2D eigenvalue weighted by atomic mass is 35.5. The first-order chi connectivity index (χ1) is 5.04.